The molecule has 2 N–H and O–H groups in total. The van der Waals surface area contributed by atoms with E-state index < -0.39 is 23.2 Å². The van der Waals surface area contributed by atoms with Crippen LogP contribution in [0.4, 0.5) is 4.79 Å². The highest BCUT2D eigenvalue weighted by molar-refractivity contribution is 5.83. The van der Waals surface area contributed by atoms with E-state index in [1.54, 1.807) is 27.0 Å². The quantitative estimate of drug-likeness (QED) is 0.829. The molecule has 8 nitrogen and oxygen atoms in total. The molecular formula is C15H25N3O5. The van der Waals surface area contributed by atoms with Gasteiger partial charge in [0.05, 0.1) is 25.0 Å². The summed E-state index contributed by atoms with van der Waals surface area (Å²) in [6.07, 6.45) is 2.26. The van der Waals surface area contributed by atoms with Crippen LogP contribution in [0, 0.1) is 0 Å². The van der Waals surface area contributed by atoms with Crippen LogP contribution in [0.3, 0.4) is 0 Å². The number of amides is 1. The third-order valence-electron chi connectivity index (χ3n) is 2.71. The number of carboxylic acid groups (broad SMARTS) is 1. The number of nitrogens with zero attached hydrogens (tertiary/aromatic N) is 2. The Balaban J connectivity index is 2.83. The SMILES string of the molecule is CC(C)Oc1cnn(CC(C)(NC(=O)OC(C)(C)C)C(=O)O)c1. The molecule has 0 aromatic carbocycles. The van der Waals surface area contributed by atoms with Gasteiger partial charge in [-0.05, 0) is 41.5 Å². The Morgan fingerprint density at radius 1 is 1.35 bits per heavy atom. The summed E-state index contributed by atoms with van der Waals surface area (Å²) >= 11 is 0. The fourth-order valence-corrected chi connectivity index (χ4v) is 1.78. The number of aliphatic carboxylic acids is 1. The molecule has 1 rings (SSSR count). The average molecular weight is 327 g/mol. The Bertz CT molecular complexity index is 562. The predicted molar refractivity (Wildman–Crippen MR) is 83.4 cm³/mol. The molecule has 0 spiro atoms. The Morgan fingerprint density at radius 2 is 1.96 bits per heavy atom. The lowest BCUT2D eigenvalue weighted by molar-refractivity contribution is -0.144. The molecule has 0 bridgehead atoms. The first-order chi connectivity index (χ1) is 10.4. The Kier molecular flexibility index (Phi) is 5.63. The zero-order chi connectivity index (χ0) is 17.8. The van der Waals surface area contributed by atoms with Gasteiger partial charge < -0.3 is 19.9 Å². The van der Waals surface area contributed by atoms with E-state index >= 15 is 0 Å². The molecule has 23 heavy (non-hydrogen) atoms. The molecule has 130 valence electrons. The minimum absolute atomic E-state index is 0.0154. The van der Waals surface area contributed by atoms with Gasteiger partial charge in [-0.1, -0.05) is 0 Å². The molecule has 0 aliphatic rings. The highest BCUT2D eigenvalue weighted by Gasteiger charge is 2.37. The number of hydrogen-bond donors (Lipinski definition) is 2. The topological polar surface area (TPSA) is 103 Å². The van der Waals surface area contributed by atoms with Gasteiger partial charge in [0.2, 0.25) is 0 Å². The van der Waals surface area contributed by atoms with Gasteiger partial charge in [-0.3, -0.25) is 4.68 Å². The van der Waals surface area contributed by atoms with Crippen LogP contribution >= 0.6 is 0 Å². The summed E-state index contributed by atoms with van der Waals surface area (Å²) in [7, 11) is 0. The van der Waals surface area contributed by atoms with Crippen molar-refractivity contribution in [3.63, 3.8) is 0 Å². The highest BCUT2D eigenvalue weighted by Crippen LogP contribution is 2.15. The van der Waals surface area contributed by atoms with Gasteiger partial charge in [-0.25, -0.2) is 9.59 Å². The van der Waals surface area contributed by atoms with E-state index in [1.807, 2.05) is 13.8 Å². The second-order valence-corrected chi connectivity index (χ2v) is 6.80. The summed E-state index contributed by atoms with van der Waals surface area (Å²) in [6.45, 7) is 10.2. The fraction of sp³-hybridized carbons (Fsp3) is 0.667. The van der Waals surface area contributed by atoms with Crippen LogP contribution in [-0.4, -0.2) is 44.2 Å². The van der Waals surface area contributed by atoms with Gasteiger partial charge in [-0.15, -0.1) is 0 Å². The van der Waals surface area contributed by atoms with E-state index in [4.69, 9.17) is 9.47 Å². The number of ether oxygens (including phenoxy) is 2. The van der Waals surface area contributed by atoms with E-state index in [2.05, 4.69) is 10.4 Å². The van der Waals surface area contributed by atoms with Gasteiger partial charge in [0.15, 0.2) is 11.3 Å². The maximum Gasteiger partial charge on any atom is 0.408 e. The smallest absolute Gasteiger partial charge is 0.408 e. The number of nitrogens with one attached hydrogen (secondary N) is 1. The Morgan fingerprint density at radius 3 is 2.43 bits per heavy atom. The monoisotopic (exact) mass is 327 g/mol. The summed E-state index contributed by atoms with van der Waals surface area (Å²) in [5, 5.41) is 15.9. The van der Waals surface area contributed by atoms with Crippen LogP contribution in [-0.2, 0) is 16.1 Å². The summed E-state index contributed by atoms with van der Waals surface area (Å²) in [5.74, 6) is -0.657. The van der Waals surface area contributed by atoms with Crippen molar-refractivity contribution in [2.24, 2.45) is 0 Å². The molecule has 1 aromatic rings. The van der Waals surface area contributed by atoms with Crippen molar-refractivity contribution in [2.45, 2.75) is 65.3 Å². The van der Waals surface area contributed by atoms with Crippen molar-refractivity contribution >= 4 is 12.1 Å². The molecule has 0 aliphatic heterocycles. The second-order valence-electron chi connectivity index (χ2n) is 6.80. The van der Waals surface area contributed by atoms with Crippen LogP contribution in [0.5, 0.6) is 5.75 Å². The number of carboxylic acids is 1. The van der Waals surface area contributed by atoms with Gasteiger partial charge in [-0.2, -0.15) is 5.10 Å². The molecule has 0 saturated carbocycles. The molecular weight excluding hydrogens is 302 g/mol. The van der Waals surface area contributed by atoms with Crippen LogP contribution in [0.25, 0.3) is 0 Å². The van der Waals surface area contributed by atoms with Crippen LogP contribution in [0.15, 0.2) is 12.4 Å². The minimum Gasteiger partial charge on any atom is -0.488 e. The van der Waals surface area contributed by atoms with Crippen molar-refractivity contribution in [3.8, 4) is 5.75 Å². The summed E-state index contributed by atoms with van der Waals surface area (Å²) < 4.78 is 12.0. The van der Waals surface area contributed by atoms with Crippen LogP contribution in [0.1, 0.15) is 41.5 Å². The number of hydrogen-bond acceptors (Lipinski definition) is 5. The highest BCUT2D eigenvalue weighted by atomic mass is 16.6. The van der Waals surface area contributed by atoms with E-state index in [-0.39, 0.29) is 12.6 Å². The third kappa shape index (κ3) is 6.17. The Labute approximate surface area is 135 Å². The number of rotatable bonds is 6. The second kappa shape index (κ2) is 6.89. The first-order valence-electron chi connectivity index (χ1n) is 7.35. The number of carbonyl (C=O) groups is 2. The molecule has 0 aliphatic carbocycles. The predicted octanol–water partition coefficient (Wildman–Crippen LogP) is 2.04. The maximum absolute atomic E-state index is 11.9. The van der Waals surface area contributed by atoms with Crippen LogP contribution < -0.4 is 10.1 Å². The number of alkyl carbamates (subject to hydrolysis) is 1. The molecule has 0 saturated heterocycles. The first kappa shape index (κ1) is 18.8. The normalized spacial score (nSPS) is 14.2. The summed E-state index contributed by atoms with van der Waals surface area (Å²) in [5.41, 5.74) is -2.28. The molecule has 8 heteroatoms. The Hall–Kier alpha value is -2.25. The zero-order valence-electron chi connectivity index (χ0n) is 14.4. The molecule has 1 atom stereocenters. The van der Waals surface area contributed by atoms with Crippen molar-refractivity contribution in [1.82, 2.24) is 15.1 Å². The van der Waals surface area contributed by atoms with Crippen molar-refractivity contribution < 1.29 is 24.2 Å². The standard InChI is InChI=1S/C15H25N3O5/c1-10(2)22-11-7-16-18(8-11)9-15(6,12(19)20)17-13(21)23-14(3,4)5/h7-8,10H,9H2,1-6H3,(H,17,21)(H,19,20). The van der Waals surface area contributed by atoms with Crippen LogP contribution in [0.2, 0.25) is 0 Å². The lowest BCUT2D eigenvalue weighted by atomic mass is 10.0. The molecule has 1 aromatic heterocycles. The van der Waals surface area contributed by atoms with E-state index in [9.17, 15) is 14.7 Å². The lowest BCUT2D eigenvalue weighted by Crippen LogP contribution is -2.56. The lowest BCUT2D eigenvalue weighted by Gasteiger charge is -2.28. The summed E-state index contributed by atoms with van der Waals surface area (Å²) in [4.78, 5) is 23.4. The zero-order valence-corrected chi connectivity index (χ0v) is 14.4. The van der Waals surface area contributed by atoms with Crippen molar-refractivity contribution in [1.29, 1.82) is 0 Å². The fourth-order valence-electron chi connectivity index (χ4n) is 1.78. The van der Waals surface area contributed by atoms with Crippen molar-refractivity contribution in [2.75, 3.05) is 0 Å². The van der Waals surface area contributed by atoms with E-state index in [1.165, 1.54) is 17.8 Å². The molecule has 0 fully saturated rings. The van der Waals surface area contributed by atoms with Gasteiger partial charge in [0.25, 0.3) is 0 Å². The van der Waals surface area contributed by atoms with Crippen molar-refractivity contribution in [3.05, 3.63) is 12.4 Å². The molecule has 1 unspecified atom stereocenters. The number of carbonyl (C=O) groups excluding carboxylic acids is 1. The molecule has 1 amide bonds. The van der Waals surface area contributed by atoms with Gasteiger partial charge in [0, 0.05) is 0 Å². The third-order valence-corrected chi connectivity index (χ3v) is 2.71. The largest absolute Gasteiger partial charge is 0.488 e. The number of aromatic nitrogens is 2. The van der Waals surface area contributed by atoms with Gasteiger partial charge in [0.1, 0.15) is 5.60 Å². The molecule has 1 heterocycles. The van der Waals surface area contributed by atoms with E-state index in [0.29, 0.717) is 5.75 Å². The molecule has 0 radical (unpaired) electrons. The maximum atomic E-state index is 11.9. The minimum atomic E-state index is -1.57. The van der Waals surface area contributed by atoms with E-state index in [0.717, 1.165) is 0 Å². The average Bonchev–Trinajstić information content (AvgIpc) is 2.71. The van der Waals surface area contributed by atoms with Gasteiger partial charge >= 0.3 is 12.1 Å². The first-order valence-corrected chi connectivity index (χ1v) is 7.35. The summed E-state index contributed by atoms with van der Waals surface area (Å²) in [6, 6.07) is 0.